The van der Waals surface area contributed by atoms with Crippen LogP contribution in [0.5, 0.6) is 0 Å². The van der Waals surface area contributed by atoms with Gasteiger partial charge >= 0.3 is 0 Å². The molecule has 1 fully saturated rings. The maximum atomic E-state index is 4.59. The van der Waals surface area contributed by atoms with Crippen molar-refractivity contribution in [2.45, 2.75) is 51.5 Å². The molecule has 1 aromatic heterocycles. The van der Waals surface area contributed by atoms with Crippen molar-refractivity contribution in [3.63, 3.8) is 0 Å². The Bertz CT molecular complexity index is 313. The number of nitrogens with zero attached hydrogens (tertiary/aromatic N) is 1. The average molecular weight is 238 g/mol. The summed E-state index contributed by atoms with van der Waals surface area (Å²) in [5.41, 5.74) is 0. The highest BCUT2D eigenvalue weighted by atomic mass is 32.1. The highest BCUT2D eigenvalue weighted by Gasteiger charge is 2.23. The molecule has 0 aliphatic heterocycles. The Morgan fingerprint density at radius 1 is 1.38 bits per heavy atom. The minimum atomic E-state index is 0.749. The largest absolute Gasteiger partial charge is 0.315 e. The fraction of sp³-hybridized carbons (Fsp3) is 0.769. The summed E-state index contributed by atoms with van der Waals surface area (Å²) in [6.45, 7) is 3.28. The summed E-state index contributed by atoms with van der Waals surface area (Å²) in [5, 5.41) is 4.56. The Morgan fingerprint density at radius 3 is 2.75 bits per heavy atom. The zero-order valence-corrected chi connectivity index (χ0v) is 11.1. The molecule has 90 valence electrons. The molecule has 0 amide bonds. The van der Waals surface area contributed by atoms with Crippen LogP contribution in [0.15, 0.2) is 6.20 Å². The van der Waals surface area contributed by atoms with Crippen LogP contribution in [0.2, 0.25) is 0 Å². The molecule has 1 aliphatic carbocycles. The molecule has 0 bridgehead atoms. The number of thiazole rings is 1. The molecule has 1 heterocycles. The van der Waals surface area contributed by atoms with E-state index in [1.54, 1.807) is 0 Å². The second-order valence-corrected chi connectivity index (χ2v) is 5.97. The third kappa shape index (κ3) is 2.83. The molecule has 2 rings (SSSR count). The molecule has 3 heteroatoms. The van der Waals surface area contributed by atoms with E-state index in [1.165, 1.54) is 42.0 Å². The SMILES string of the molecule is CCC1CCC(c2ncc(CNC)s2)CC1. The molecule has 1 aromatic rings. The molecule has 1 saturated carbocycles. The van der Waals surface area contributed by atoms with Crippen molar-refractivity contribution < 1.29 is 0 Å². The maximum Gasteiger partial charge on any atom is 0.0959 e. The van der Waals surface area contributed by atoms with Gasteiger partial charge in [-0.25, -0.2) is 4.98 Å². The summed E-state index contributed by atoms with van der Waals surface area (Å²) < 4.78 is 0. The van der Waals surface area contributed by atoms with Crippen LogP contribution >= 0.6 is 11.3 Å². The highest BCUT2D eigenvalue weighted by Crippen LogP contribution is 2.38. The van der Waals surface area contributed by atoms with E-state index in [4.69, 9.17) is 0 Å². The first-order valence-corrected chi connectivity index (χ1v) is 7.24. The fourth-order valence-corrected chi connectivity index (χ4v) is 3.68. The lowest BCUT2D eigenvalue weighted by molar-refractivity contribution is 0.318. The molecule has 0 atom stereocenters. The molecule has 0 saturated heterocycles. The minimum Gasteiger partial charge on any atom is -0.315 e. The second kappa shape index (κ2) is 5.78. The van der Waals surface area contributed by atoms with E-state index >= 15 is 0 Å². The van der Waals surface area contributed by atoms with Gasteiger partial charge in [-0.2, -0.15) is 0 Å². The number of nitrogens with one attached hydrogen (secondary N) is 1. The molecule has 1 aliphatic rings. The molecular weight excluding hydrogens is 216 g/mol. The molecule has 0 spiro atoms. The van der Waals surface area contributed by atoms with Crippen LogP contribution in [0.25, 0.3) is 0 Å². The highest BCUT2D eigenvalue weighted by molar-refractivity contribution is 7.11. The normalized spacial score (nSPS) is 25.9. The summed E-state index contributed by atoms with van der Waals surface area (Å²) in [5.74, 6) is 1.73. The quantitative estimate of drug-likeness (QED) is 0.867. The number of rotatable bonds is 4. The fourth-order valence-electron chi connectivity index (χ4n) is 2.58. The van der Waals surface area contributed by atoms with Crippen molar-refractivity contribution in [2.75, 3.05) is 7.05 Å². The molecule has 0 aromatic carbocycles. The van der Waals surface area contributed by atoms with Gasteiger partial charge in [-0.1, -0.05) is 13.3 Å². The molecule has 16 heavy (non-hydrogen) atoms. The van der Waals surface area contributed by atoms with Crippen LogP contribution in [0.1, 0.15) is 54.8 Å². The Labute approximate surface area is 102 Å². The van der Waals surface area contributed by atoms with Crippen LogP contribution in [0.3, 0.4) is 0 Å². The van der Waals surface area contributed by atoms with E-state index in [9.17, 15) is 0 Å². The van der Waals surface area contributed by atoms with Gasteiger partial charge in [-0.3, -0.25) is 0 Å². The van der Waals surface area contributed by atoms with Gasteiger partial charge < -0.3 is 5.32 Å². The first-order valence-electron chi connectivity index (χ1n) is 6.42. The second-order valence-electron chi connectivity index (χ2n) is 4.82. The number of hydrogen-bond donors (Lipinski definition) is 1. The molecule has 0 unspecified atom stereocenters. The Morgan fingerprint density at radius 2 is 2.12 bits per heavy atom. The van der Waals surface area contributed by atoms with E-state index in [0.717, 1.165) is 18.4 Å². The topological polar surface area (TPSA) is 24.9 Å². The molecule has 0 radical (unpaired) electrons. The number of hydrogen-bond acceptors (Lipinski definition) is 3. The van der Waals surface area contributed by atoms with Crippen LogP contribution in [0, 0.1) is 5.92 Å². The smallest absolute Gasteiger partial charge is 0.0959 e. The van der Waals surface area contributed by atoms with Crippen LogP contribution in [-0.4, -0.2) is 12.0 Å². The van der Waals surface area contributed by atoms with Gasteiger partial charge in [0.15, 0.2) is 0 Å². The van der Waals surface area contributed by atoms with Crippen LogP contribution in [0.4, 0.5) is 0 Å². The summed E-state index contributed by atoms with van der Waals surface area (Å²) in [4.78, 5) is 5.96. The Kier molecular flexibility index (Phi) is 4.36. The standard InChI is InChI=1S/C13H22N2S/c1-3-10-4-6-11(7-5-10)13-15-9-12(16-13)8-14-2/h9-11,14H,3-8H2,1-2H3. The van der Waals surface area contributed by atoms with Gasteiger partial charge in [0.1, 0.15) is 0 Å². The van der Waals surface area contributed by atoms with Gasteiger partial charge in [0.2, 0.25) is 0 Å². The Hall–Kier alpha value is -0.410. The summed E-state index contributed by atoms with van der Waals surface area (Å²) in [7, 11) is 1.99. The summed E-state index contributed by atoms with van der Waals surface area (Å²) >= 11 is 1.90. The van der Waals surface area contributed by atoms with Gasteiger partial charge in [-0.15, -0.1) is 11.3 Å². The van der Waals surface area contributed by atoms with Crippen molar-refractivity contribution in [1.82, 2.24) is 10.3 Å². The monoisotopic (exact) mass is 238 g/mol. The number of aromatic nitrogens is 1. The van der Waals surface area contributed by atoms with Gasteiger partial charge in [0.05, 0.1) is 5.01 Å². The van der Waals surface area contributed by atoms with Crippen LogP contribution in [-0.2, 0) is 6.54 Å². The zero-order chi connectivity index (χ0) is 11.4. The van der Waals surface area contributed by atoms with Gasteiger partial charge in [0, 0.05) is 23.5 Å². The summed E-state index contributed by atoms with van der Waals surface area (Å²) in [6, 6.07) is 0. The predicted octanol–water partition coefficient (Wildman–Crippen LogP) is 3.55. The van der Waals surface area contributed by atoms with E-state index in [2.05, 4.69) is 17.2 Å². The first-order chi connectivity index (χ1) is 7.83. The minimum absolute atomic E-state index is 0.749. The average Bonchev–Trinajstić information content (AvgIpc) is 2.78. The van der Waals surface area contributed by atoms with E-state index < -0.39 is 0 Å². The van der Waals surface area contributed by atoms with Gasteiger partial charge in [-0.05, 0) is 38.6 Å². The van der Waals surface area contributed by atoms with Crippen LogP contribution < -0.4 is 5.32 Å². The van der Waals surface area contributed by atoms with Crippen molar-refractivity contribution >= 4 is 11.3 Å². The van der Waals surface area contributed by atoms with E-state index in [1.807, 2.05) is 24.6 Å². The van der Waals surface area contributed by atoms with Crippen molar-refractivity contribution in [3.8, 4) is 0 Å². The van der Waals surface area contributed by atoms with E-state index in [0.29, 0.717) is 0 Å². The first kappa shape index (κ1) is 12.1. The maximum absolute atomic E-state index is 4.59. The van der Waals surface area contributed by atoms with Crippen molar-refractivity contribution in [3.05, 3.63) is 16.1 Å². The third-order valence-corrected chi connectivity index (χ3v) is 4.86. The lowest BCUT2D eigenvalue weighted by Crippen LogP contribution is -2.12. The van der Waals surface area contributed by atoms with E-state index in [-0.39, 0.29) is 0 Å². The third-order valence-electron chi connectivity index (χ3n) is 3.70. The lowest BCUT2D eigenvalue weighted by Gasteiger charge is -2.26. The Balaban J connectivity index is 1.92. The molecular formula is C13H22N2S. The lowest BCUT2D eigenvalue weighted by atomic mass is 9.81. The molecule has 1 N–H and O–H groups in total. The zero-order valence-electron chi connectivity index (χ0n) is 10.3. The predicted molar refractivity (Wildman–Crippen MR) is 69.9 cm³/mol. The van der Waals surface area contributed by atoms with Crippen molar-refractivity contribution in [1.29, 1.82) is 0 Å². The molecule has 2 nitrogen and oxygen atoms in total. The van der Waals surface area contributed by atoms with Gasteiger partial charge in [0.25, 0.3) is 0 Å². The summed E-state index contributed by atoms with van der Waals surface area (Å²) in [6.07, 6.45) is 8.91. The van der Waals surface area contributed by atoms with Crippen molar-refractivity contribution in [2.24, 2.45) is 5.92 Å².